The van der Waals surface area contributed by atoms with Crippen molar-refractivity contribution in [3.05, 3.63) is 88.1 Å². The van der Waals surface area contributed by atoms with Gasteiger partial charge in [-0.25, -0.2) is 0 Å². The number of carbonyl (C=O) groups is 2. The van der Waals surface area contributed by atoms with Crippen molar-refractivity contribution in [2.45, 2.75) is 34.2 Å². The maximum absolute atomic E-state index is 13.5. The minimum atomic E-state index is -0.218. The minimum absolute atomic E-state index is 0.212. The lowest BCUT2D eigenvalue weighted by atomic mass is 9.93. The number of benzene rings is 2. The topological polar surface area (TPSA) is 42.3 Å². The smallest absolute Gasteiger partial charge is 0.262 e. The summed E-state index contributed by atoms with van der Waals surface area (Å²) < 4.78 is 2.14. The number of likely N-dealkylation sites (tertiary alicyclic amines) is 1. The molecule has 0 aliphatic carbocycles. The summed E-state index contributed by atoms with van der Waals surface area (Å²) in [5, 5.41) is 1.09. The van der Waals surface area contributed by atoms with E-state index in [-0.39, 0.29) is 18.4 Å². The van der Waals surface area contributed by atoms with Crippen molar-refractivity contribution in [2.75, 3.05) is 0 Å². The molecule has 4 heteroatoms. The lowest BCUT2D eigenvalue weighted by molar-refractivity contribution is -0.137. The molecule has 0 N–H and O–H groups in total. The predicted octanol–water partition coefficient (Wildman–Crippen LogP) is 5.17. The van der Waals surface area contributed by atoms with E-state index in [1.807, 2.05) is 70.3 Å². The number of aromatic nitrogens is 1. The fraction of sp³-hybridized carbons (Fsp3) is 0.231. The molecule has 2 heterocycles. The molecule has 0 bridgehead atoms. The van der Waals surface area contributed by atoms with Gasteiger partial charge in [-0.15, -0.1) is 0 Å². The second-order valence-electron chi connectivity index (χ2n) is 8.09. The van der Waals surface area contributed by atoms with Crippen molar-refractivity contribution < 1.29 is 9.59 Å². The van der Waals surface area contributed by atoms with Gasteiger partial charge in [0.05, 0.1) is 17.7 Å². The van der Waals surface area contributed by atoms with Crippen molar-refractivity contribution in [1.82, 2.24) is 9.47 Å². The summed E-state index contributed by atoms with van der Waals surface area (Å²) in [6, 6.07) is 17.8. The molecule has 2 amide bonds. The van der Waals surface area contributed by atoms with E-state index >= 15 is 0 Å². The predicted molar refractivity (Wildman–Crippen MR) is 121 cm³/mol. The average Bonchev–Trinajstić information content (AvgIpc) is 3.14. The van der Waals surface area contributed by atoms with E-state index in [1.54, 1.807) is 0 Å². The third-order valence-electron chi connectivity index (χ3n) is 6.00. The van der Waals surface area contributed by atoms with Gasteiger partial charge in [-0.05, 0) is 44.9 Å². The van der Waals surface area contributed by atoms with Gasteiger partial charge in [-0.1, -0.05) is 54.1 Å². The fourth-order valence-electron chi connectivity index (χ4n) is 4.42. The Hall–Kier alpha value is -3.40. The van der Waals surface area contributed by atoms with Crippen LogP contribution >= 0.6 is 0 Å². The average molecular weight is 399 g/mol. The summed E-state index contributed by atoms with van der Waals surface area (Å²) in [5.74, 6) is -0.430. The van der Waals surface area contributed by atoms with E-state index in [1.165, 1.54) is 4.90 Å². The van der Waals surface area contributed by atoms with Crippen molar-refractivity contribution in [2.24, 2.45) is 7.05 Å². The van der Waals surface area contributed by atoms with Crippen LogP contribution in [0.3, 0.4) is 0 Å². The monoisotopic (exact) mass is 398 g/mol. The summed E-state index contributed by atoms with van der Waals surface area (Å²) in [5.41, 5.74) is 6.93. The normalized spacial score (nSPS) is 16.0. The first kappa shape index (κ1) is 19.9. The summed E-state index contributed by atoms with van der Waals surface area (Å²) in [6.45, 7) is 8.10. The van der Waals surface area contributed by atoms with E-state index in [0.29, 0.717) is 11.1 Å². The van der Waals surface area contributed by atoms with Gasteiger partial charge in [0.2, 0.25) is 0 Å². The number of nitrogens with zero attached hydrogens (tertiary/aromatic N) is 2. The van der Waals surface area contributed by atoms with E-state index in [4.69, 9.17) is 0 Å². The standard InChI is InChI=1S/C26H26N2O2/c1-16(2)22-24(26(30)28(25(22)29)15-19-11-7-6-8-12-19)17(3)23-18(4)27(5)21-14-10-9-13-20(21)23/h6-14H,15H2,1-5H3/b24-17-. The molecule has 0 spiro atoms. The number of carbonyl (C=O) groups excluding carboxylic acids is 2. The van der Waals surface area contributed by atoms with E-state index in [9.17, 15) is 9.59 Å². The molecule has 0 atom stereocenters. The Morgan fingerprint density at radius 3 is 2.10 bits per heavy atom. The Morgan fingerprint density at radius 1 is 0.833 bits per heavy atom. The Bertz CT molecular complexity index is 1240. The van der Waals surface area contributed by atoms with Gasteiger partial charge in [0, 0.05) is 29.2 Å². The molecule has 30 heavy (non-hydrogen) atoms. The van der Waals surface area contributed by atoms with Crippen LogP contribution in [0.25, 0.3) is 16.5 Å². The highest BCUT2D eigenvalue weighted by molar-refractivity contribution is 6.28. The zero-order valence-corrected chi connectivity index (χ0v) is 18.1. The van der Waals surface area contributed by atoms with Crippen LogP contribution in [0.15, 0.2) is 71.3 Å². The molecule has 1 aliphatic rings. The van der Waals surface area contributed by atoms with E-state index in [0.717, 1.165) is 38.9 Å². The number of aryl methyl sites for hydroxylation is 1. The molecule has 0 radical (unpaired) electrons. The van der Waals surface area contributed by atoms with Gasteiger partial charge in [-0.3, -0.25) is 14.5 Å². The molecule has 152 valence electrons. The first-order chi connectivity index (χ1) is 14.3. The van der Waals surface area contributed by atoms with Gasteiger partial charge in [0.15, 0.2) is 0 Å². The molecular formula is C26H26N2O2. The summed E-state index contributed by atoms with van der Waals surface area (Å²) in [6.07, 6.45) is 0. The third-order valence-corrected chi connectivity index (χ3v) is 6.00. The SMILES string of the molecule is CC(C)=C1C(=O)N(Cc2ccccc2)C(=O)/C1=C(/C)c1c(C)n(C)c2ccccc12. The number of hydrogen-bond donors (Lipinski definition) is 0. The highest BCUT2D eigenvalue weighted by atomic mass is 16.2. The first-order valence-corrected chi connectivity index (χ1v) is 10.2. The van der Waals surface area contributed by atoms with Gasteiger partial charge in [0.25, 0.3) is 11.8 Å². The second-order valence-corrected chi connectivity index (χ2v) is 8.09. The van der Waals surface area contributed by atoms with Gasteiger partial charge in [-0.2, -0.15) is 0 Å². The summed E-state index contributed by atoms with van der Waals surface area (Å²) in [4.78, 5) is 28.2. The van der Waals surface area contributed by atoms with Crippen molar-refractivity contribution >= 4 is 28.3 Å². The fourth-order valence-corrected chi connectivity index (χ4v) is 4.42. The third kappa shape index (κ3) is 3.00. The molecule has 4 nitrogen and oxygen atoms in total. The molecule has 3 aromatic rings. The van der Waals surface area contributed by atoms with Crippen molar-refractivity contribution in [1.29, 1.82) is 0 Å². The zero-order valence-electron chi connectivity index (χ0n) is 18.1. The zero-order chi connectivity index (χ0) is 21.6. The number of para-hydroxylation sites is 1. The van der Waals surface area contributed by atoms with Crippen LogP contribution in [0.1, 0.15) is 37.6 Å². The number of allylic oxidation sites excluding steroid dienone is 2. The number of amides is 2. The Kier molecular flexibility index (Phi) is 4.94. The van der Waals surface area contributed by atoms with Gasteiger partial charge < -0.3 is 4.57 Å². The van der Waals surface area contributed by atoms with E-state index < -0.39 is 0 Å². The lowest BCUT2D eigenvalue weighted by Crippen LogP contribution is -2.29. The maximum Gasteiger partial charge on any atom is 0.262 e. The summed E-state index contributed by atoms with van der Waals surface area (Å²) in [7, 11) is 2.03. The largest absolute Gasteiger partial charge is 0.347 e. The van der Waals surface area contributed by atoms with Crippen LogP contribution in [0.5, 0.6) is 0 Å². The number of imide groups is 1. The van der Waals surface area contributed by atoms with Gasteiger partial charge in [0.1, 0.15) is 0 Å². The first-order valence-electron chi connectivity index (χ1n) is 10.2. The highest BCUT2D eigenvalue weighted by Gasteiger charge is 2.41. The molecular weight excluding hydrogens is 372 g/mol. The van der Waals surface area contributed by atoms with Crippen LogP contribution in [0.4, 0.5) is 0 Å². The van der Waals surface area contributed by atoms with Crippen molar-refractivity contribution in [3.8, 4) is 0 Å². The van der Waals surface area contributed by atoms with Crippen LogP contribution in [-0.4, -0.2) is 21.3 Å². The molecule has 2 aromatic carbocycles. The number of rotatable bonds is 3. The van der Waals surface area contributed by atoms with Crippen LogP contribution in [0, 0.1) is 6.92 Å². The van der Waals surface area contributed by atoms with Crippen LogP contribution in [0.2, 0.25) is 0 Å². The Morgan fingerprint density at radius 2 is 1.43 bits per heavy atom. The Labute approximate surface area is 177 Å². The molecule has 0 unspecified atom stereocenters. The number of fused-ring (bicyclic) bond motifs is 1. The molecule has 4 rings (SSSR count). The number of hydrogen-bond acceptors (Lipinski definition) is 2. The lowest BCUT2D eigenvalue weighted by Gasteiger charge is -2.13. The molecule has 0 saturated carbocycles. The molecule has 1 aliphatic heterocycles. The van der Waals surface area contributed by atoms with Crippen molar-refractivity contribution in [3.63, 3.8) is 0 Å². The van der Waals surface area contributed by atoms with Crippen LogP contribution < -0.4 is 0 Å². The van der Waals surface area contributed by atoms with Crippen LogP contribution in [-0.2, 0) is 23.2 Å². The maximum atomic E-state index is 13.5. The quantitative estimate of drug-likeness (QED) is 0.451. The molecule has 1 fully saturated rings. The molecule has 1 aromatic heterocycles. The Balaban J connectivity index is 1.92. The molecule has 1 saturated heterocycles. The van der Waals surface area contributed by atoms with E-state index in [2.05, 4.69) is 23.6 Å². The summed E-state index contributed by atoms with van der Waals surface area (Å²) >= 11 is 0. The second kappa shape index (κ2) is 7.45. The van der Waals surface area contributed by atoms with Gasteiger partial charge >= 0.3 is 0 Å². The minimum Gasteiger partial charge on any atom is -0.347 e. The highest BCUT2D eigenvalue weighted by Crippen LogP contribution is 2.38.